The fourth-order valence-electron chi connectivity index (χ4n) is 3.07. The monoisotopic (exact) mass is 331 g/mol. The molecule has 1 aliphatic carbocycles. The second-order valence-electron chi connectivity index (χ2n) is 6.04. The summed E-state index contributed by atoms with van der Waals surface area (Å²) in [4.78, 5) is 4.76. The Labute approximate surface area is 140 Å². The molecule has 4 rings (SSSR count). The molecule has 1 aromatic rings. The van der Waals surface area contributed by atoms with Gasteiger partial charge in [-0.2, -0.15) is 5.10 Å². The molecule has 0 bridgehead atoms. The highest BCUT2D eigenvalue weighted by molar-refractivity contribution is 8.14. The highest BCUT2D eigenvalue weighted by Gasteiger charge is 2.19. The highest BCUT2D eigenvalue weighted by atomic mass is 32.2. The molecule has 5 nitrogen and oxygen atoms in total. The van der Waals surface area contributed by atoms with E-state index >= 15 is 0 Å². The molecular formula is C17H21N3O2S. The molecule has 122 valence electrons. The lowest BCUT2D eigenvalue weighted by atomic mass is 10.1. The van der Waals surface area contributed by atoms with Crippen LogP contribution in [-0.2, 0) is 0 Å². The molecule has 3 aliphatic rings. The summed E-state index contributed by atoms with van der Waals surface area (Å²) in [6.07, 6.45) is 5.95. The van der Waals surface area contributed by atoms with E-state index in [4.69, 9.17) is 14.5 Å². The fraction of sp³-hybridized carbons (Fsp3) is 0.529. The van der Waals surface area contributed by atoms with Gasteiger partial charge in [0.25, 0.3) is 0 Å². The molecule has 0 spiro atoms. The van der Waals surface area contributed by atoms with E-state index in [0.717, 1.165) is 40.1 Å². The van der Waals surface area contributed by atoms with Crippen LogP contribution < -0.4 is 14.9 Å². The SMILES string of the molecule is c1cc2c(cc1C1=NNC(=NC3CCCC3)SC1)OCCCO2. The highest BCUT2D eigenvalue weighted by Crippen LogP contribution is 2.31. The van der Waals surface area contributed by atoms with Crippen LogP contribution in [0.3, 0.4) is 0 Å². The number of benzene rings is 1. The van der Waals surface area contributed by atoms with Crippen molar-refractivity contribution in [2.24, 2.45) is 10.1 Å². The number of ether oxygens (including phenoxy) is 2. The van der Waals surface area contributed by atoms with Crippen molar-refractivity contribution in [3.8, 4) is 11.5 Å². The third-order valence-electron chi connectivity index (χ3n) is 4.34. The smallest absolute Gasteiger partial charge is 0.177 e. The molecule has 6 heteroatoms. The zero-order valence-electron chi connectivity index (χ0n) is 13.1. The van der Waals surface area contributed by atoms with Gasteiger partial charge in [0.1, 0.15) is 0 Å². The van der Waals surface area contributed by atoms with Crippen molar-refractivity contribution in [2.45, 2.75) is 38.1 Å². The predicted octanol–water partition coefficient (Wildman–Crippen LogP) is 3.19. The Morgan fingerprint density at radius 2 is 1.91 bits per heavy atom. The number of fused-ring (bicyclic) bond motifs is 1. The van der Waals surface area contributed by atoms with Gasteiger partial charge >= 0.3 is 0 Å². The van der Waals surface area contributed by atoms with Gasteiger partial charge in [-0.1, -0.05) is 24.6 Å². The molecule has 0 aromatic heterocycles. The third kappa shape index (κ3) is 3.47. The van der Waals surface area contributed by atoms with Crippen molar-refractivity contribution in [3.05, 3.63) is 23.8 Å². The van der Waals surface area contributed by atoms with E-state index < -0.39 is 0 Å². The maximum absolute atomic E-state index is 5.76. The molecule has 0 unspecified atom stereocenters. The largest absolute Gasteiger partial charge is 0.490 e. The minimum absolute atomic E-state index is 0.486. The minimum Gasteiger partial charge on any atom is -0.490 e. The van der Waals surface area contributed by atoms with Crippen LogP contribution in [0.1, 0.15) is 37.7 Å². The van der Waals surface area contributed by atoms with E-state index in [9.17, 15) is 0 Å². The number of rotatable bonds is 2. The van der Waals surface area contributed by atoms with E-state index in [-0.39, 0.29) is 0 Å². The Bertz CT molecular complexity index is 639. The maximum Gasteiger partial charge on any atom is 0.177 e. The van der Waals surface area contributed by atoms with Crippen LogP contribution in [0.4, 0.5) is 0 Å². The molecular weight excluding hydrogens is 310 g/mol. The predicted molar refractivity (Wildman–Crippen MR) is 93.9 cm³/mol. The third-order valence-corrected chi connectivity index (χ3v) is 5.23. The molecule has 2 heterocycles. The second kappa shape index (κ2) is 6.83. The van der Waals surface area contributed by atoms with Gasteiger partial charge < -0.3 is 9.47 Å². The number of aliphatic imine (C=N–C) groups is 1. The van der Waals surface area contributed by atoms with Gasteiger partial charge in [0.2, 0.25) is 0 Å². The van der Waals surface area contributed by atoms with Crippen LogP contribution in [-0.4, -0.2) is 35.9 Å². The lowest BCUT2D eigenvalue weighted by Gasteiger charge is -2.17. The topological polar surface area (TPSA) is 55.2 Å². The average Bonchev–Trinajstić information content (AvgIpc) is 2.98. The van der Waals surface area contributed by atoms with E-state index in [1.165, 1.54) is 25.7 Å². The van der Waals surface area contributed by atoms with Crippen LogP contribution in [0.25, 0.3) is 0 Å². The summed E-state index contributed by atoms with van der Waals surface area (Å²) in [6, 6.07) is 6.54. The Morgan fingerprint density at radius 3 is 2.70 bits per heavy atom. The minimum atomic E-state index is 0.486. The van der Waals surface area contributed by atoms with Gasteiger partial charge in [0.15, 0.2) is 16.7 Å². The molecule has 1 N–H and O–H groups in total. The summed E-state index contributed by atoms with van der Waals surface area (Å²) in [7, 11) is 0. The summed E-state index contributed by atoms with van der Waals surface area (Å²) in [6.45, 7) is 1.42. The zero-order valence-corrected chi connectivity index (χ0v) is 13.9. The van der Waals surface area contributed by atoms with Gasteiger partial charge in [0, 0.05) is 17.7 Å². The zero-order chi connectivity index (χ0) is 15.5. The standard InChI is InChI=1S/C17H21N3O2S/c1-2-5-13(4-1)18-17-20-19-14(11-23-17)12-6-7-15-16(10-12)22-9-3-8-21-15/h6-7,10,13H,1-5,8-9,11H2,(H,18,20). The molecule has 23 heavy (non-hydrogen) atoms. The lowest BCUT2D eigenvalue weighted by molar-refractivity contribution is 0.297. The Kier molecular flexibility index (Phi) is 4.41. The van der Waals surface area contributed by atoms with Crippen molar-refractivity contribution < 1.29 is 9.47 Å². The summed E-state index contributed by atoms with van der Waals surface area (Å²) in [5.41, 5.74) is 5.22. The molecule has 0 radical (unpaired) electrons. The molecule has 0 saturated heterocycles. The quantitative estimate of drug-likeness (QED) is 0.904. The maximum atomic E-state index is 5.76. The number of hydrogen-bond acceptors (Lipinski definition) is 5. The molecule has 0 amide bonds. The number of hydrazone groups is 1. The first-order valence-corrected chi connectivity index (χ1v) is 9.30. The Balaban J connectivity index is 1.48. The molecule has 1 fully saturated rings. The van der Waals surface area contributed by atoms with Crippen LogP contribution in [0.5, 0.6) is 11.5 Å². The number of nitrogens with one attached hydrogen (secondary N) is 1. The van der Waals surface area contributed by atoms with Crippen molar-refractivity contribution in [1.29, 1.82) is 0 Å². The van der Waals surface area contributed by atoms with Crippen molar-refractivity contribution in [2.75, 3.05) is 19.0 Å². The number of hydrogen-bond donors (Lipinski definition) is 1. The molecule has 1 aromatic carbocycles. The number of nitrogens with zero attached hydrogens (tertiary/aromatic N) is 2. The Morgan fingerprint density at radius 1 is 1.09 bits per heavy atom. The van der Waals surface area contributed by atoms with Crippen molar-refractivity contribution in [1.82, 2.24) is 5.43 Å². The number of thioether (sulfide) groups is 1. The summed E-state index contributed by atoms with van der Waals surface area (Å²) < 4.78 is 11.4. The first kappa shape index (κ1) is 14.9. The first-order valence-electron chi connectivity index (χ1n) is 8.32. The summed E-state index contributed by atoms with van der Waals surface area (Å²) in [5, 5.41) is 5.47. The molecule has 1 saturated carbocycles. The van der Waals surface area contributed by atoms with Gasteiger partial charge in [0.05, 0.1) is 25.0 Å². The summed E-state index contributed by atoms with van der Waals surface area (Å²) in [5.74, 6) is 2.47. The van der Waals surface area contributed by atoms with Crippen molar-refractivity contribution >= 4 is 22.6 Å². The molecule has 2 aliphatic heterocycles. The molecule has 0 atom stereocenters. The lowest BCUT2D eigenvalue weighted by Crippen LogP contribution is -2.26. The van der Waals surface area contributed by atoms with Crippen LogP contribution in [0, 0.1) is 0 Å². The van der Waals surface area contributed by atoms with E-state index in [2.05, 4.69) is 10.5 Å². The number of amidine groups is 1. The Hall–Kier alpha value is -1.69. The second-order valence-corrected chi connectivity index (χ2v) is 7.01. The van der Waals surface area contributed by atoms with Gasteiger partial charge in [-0.15, -0.1) is 0 Å². The van der Waals surface area contributed by atoms with E-state index in [1.54, 1.807) is 11.8 Å². The van der Waals surface area contributed by atoms with Gasteiger partial charge in [-0.3, -0.25) is 10.4 Å². The van der Waals surface area contributed by atoms with Crippen LogP contribution in [0.2, 0.25) is 0 Å². The van der Waals surface area contributed by atoms with E-state index in [0.29, 0.717) is 19.3 Å². The first-order chi connectivity index (χ1) is 11.4. The van der Waals surface area contributed by atoms with Crippen molar-refractivity contribution in [3.63, 3.8) is 0 Å². The van der Waals surface area contributed by atoms with Crippen LogP contribution in [0.15, 0.2) is 28.3 Å². The van der Waals surface area contributed by atoms with E-state index in [1.807, 2.05) is 18.2 Å². The normalized spacial score (nSPS) is 23.3. The average molecular weight is 331 g/mol. The van der Waals surface area contributed by atoms with Crippen LogP contribution >= 0.6 is 11.8 Å². The van der Waals surface area contributed by atoms with Gasteiger partial charge in [-0.05, 0) is 31.0 Å². The summed E-state index contributed by atoms with van der Waals surface area (Å²) >= 11 is 1.73. The fourth-order valence-corrected chi connectivity index (χ4v) is 3.91. The van der Waals surface area contributed by atoms with Gasteiger partial charge in [-0.25, -0.2) is 0 Å².